The zero-order chi connectivity index (χ0) is 17.8. The zero-order valence-corrected chi connectivity index (χ0v) is 15.9. The lowest BCUT2D eigenvalue weighted by Crippen LogP contribution is -2.45. The van der Waals surface area contributed by atoms with Crippen LogP contribution in [0.2, 0.25) is 0 Å². The Morgan fingerprint density at radius 1 is 1.20 bits per heavy atom. The summed E-state index contributed by atoms with van der Waals surface area (Å²) in [6.45, 7) is 6.33. The van der Waals surface area contributed by atoms with E-state index >= 15 is 0 Å². The molecule has 3 rings (SSSR count). The van der Waals surface area contributed by atoms with Gasteiger partial charge in [-0.3, -0.25) is 4.79 Å². The van der Waals surface area contributed by atoms with E-state index in [4.69, 9.17) is 0 Å². The van der Waals surface area contributed by atoms with Crippen LogP contribution >= 0.6 is 0 Å². The van der Waals surface area contributed by atoms with Gasteiger partial charge >= 0.3 is 0 Å². The number of carbonyl (C=O) groups excluding carboxylic acids is 1. The van der Waals surface area contributed by atoms with Gasteiger partial charge in [0.25, 0.3) is 5.91 Å². The highest BCUT2D eigenvalue weighted by atomic mass is 16.2. The molecule has 1 amide bonds. The Morgan fingerprint density at radius 2 is 1.92 bits per heavy atom. The first-order valence-electron chi connectivity index (χ1n) is 9.60. The Labute approximate surface area is 151 Å². The number of aryl methyl sites for hydroxylation is 1. The lowest BCUT2D eigenvalue weighted by atomic mass is 9.98. The summed E-state index contributed by atoms with van der Waals surface area (Å²) in [4.78, 5) is 28.4. The molecule has 6 heteroatoms. The van der Waals surface area contributed by atoms with Gasteiger partial charge in [0.15, 0.2) is 0 Å². The van der Waals surface area contributed by atoms with Gasteiger partial charge in [-0.1, -0.05) is 0 Å². The van der Waals surface area contributed by atoms with Gasteiger partial charge in [-0.05, 0) is 58.5 Å². The van der Waals surface area contributed by atoms with E-state index in [1.165, 1.54) is 32.4 Å². The summed E-state index contributed by atoms with van der Waals surface area (Å²) in [5.74, 6) is 0.757. The Balaban J connectivity index is 1.69. The van der Waals surface area contributed by atoms with Crippen LogP contribution in [0.5, 0.6) is 0 Å². The number of hydrogen-bond donors (Lipinski definition) is 0. The van der Waals surface area contributed by atoms with E-state index in [1.54, 1.807) is 6.20 Å². The van der Waals surface area contributed by atoms with Crippen LogP contribution in [-0.4, -0.2) is 72.0 Å². The minimum absolute atomic E-state index is 0.105. The number of nitrogens with zero attached hydrogens (tertiary/aromatic N) is 5. The molecule has 25 heavy (non-hydrogen) atoms. The van der Waals surface area contributed by atoms with Gasteiger partial charge < -0.3 is 14.7 Å². The standard InChI is InChI=1S/C19H31N5O/c1-15-17(14-20-19(21-15)22(2)3)18(25)24-12-5-4-8-16(24)9-13-23-10-6-7-11-23/h14,16H,4-13H2,1-3H3/t16-/m0/s1. The van der Waals surface area contributed by atoms with Crippen LogP contribution < -0.4 is 4.90 Å². The molecule has 0 saturated carbocycles. The number of rotatable bonds is 5. The van der Waals surface area contributed by atoms with Gasteiger partial charge in [-0.25, -0.2) is 9.97 Å². The van der Waals surface area contributed by atoms with E-state index in [0.717, 1.165) is 38.0 Å². The third kappa shape index (κ3) is 4.29. The fourth-order valence-electron chi connectivity index (χ4n) is 3.94. The van der Waals surface area contributed by atoms with Gasteiger partial charge in [0.2, 0.25) is 5.95 Å². The normalized spacial score (nSPS) is 21.6. The SMILES string of the molecule is Cc1nc(N(C)C)ncc1C(=O)N1CCCC[C@H]1CCN1CCCC1. The molecule has 1 atom stereocenters. The maximum absolute atomic E-state index is 13.1. The molecule has 3 heterocycles. The smallest absolute Gasteiger partial charge is 0.257 e. The maximum atomic E-state index is 13.1. The highest BCUT2D eigenvalue weighted by Crippen LogP contribution is 2.24. The van der Waals surface area contributed by atoms with E-state index < -0.39 is 0 Å². The van der Waals surface area contributed by atoms with E-state index in [0.29, 0.717) is 17.6 Å². The van der Waals surface area contributed by atoms with Gasteiger partial charge in [-0.15, -0.1) is 0 Å². The molecule has 2 aliphatic heterocycles. The van der Waals surface area contributed by atoms with E-state index in [2.05, 4.69) is 19.8 Å². The van der Waals surface area contributed by atoms with Crippen molar-refractivity contribution in [3.63, 3.8) is 0 Å². The van der Waals surface area contributed by atoms with E-state index in [1.807, 2.05) is 25.9 Å². The first kappa shape index (κ1) is 18.1. The molecule has 0 aliphatic carbocycles. The van der Waals surface area contributed by atoms with Crippen molar-refractivity contribution in [3.8, 4) is 0 Å². The monoisotopic (exact) mass is 345 g/mol. The fourth-order valence-corrected chi connectivity index (χ4v) is 3.94. The number of anilines is 1. The Hall–Kier alpha value is -1.69. The van der Waals surface area contributed by atoms with Crippen LogP contribution in [0.15, 0.2) is 6.20 Å². The maximum Gasteiger partial charge on any atom is 0.257 e. The summed E-state index contributed by atoms with van der Waals surface area (Å²) < 4.78 is 0. The molecule has 1 aromatic rings. The minimum Gasteiger partial charge on any atom is -0.347 e. The van der Waals surface area contributed by atoms with Crippen molar-refractivity contribution in [1.82, 2.24) is 19.8 Å². The second-order valence-electron chi connectivity index (χ2n) is 7.55. The van der Waals surface area contributed by atoms with Crippen molar-refractivity contribution >= 4 is 11.9 Å². The first-order valence-corrected chi connectivity index (χ1v) is 9.60. The molecule has 0 spiro atoms. The lowest BCUT2D eigenvalue weighted by Gasteiger charge is -2.37. The summed E-state index contributed by atoms with van der Waals surface area (Å²) in [6.07, 6.45) is 8.87. The van der Waals surface area contributed by atoms with Crippen molar-refractivity contribution in [3.05, 3.63) is 17.5 Å². The second kappa shape index (κ2) is 8.13. The Morgan fingerprint density at radius 3 is 2.60 bits per heavy atom. The molecule has 0 N–H and O–H groups in total. The number of aromatic nitrogens is 2. The van der Waals surface area contributed by atoms with Crippen molar-refractivity contribution < 1.29 is 4.79 Å². The number of hydrogen-bond acceptors (Lipinski definition) is 5. The molecule has 138 valence electrons. The molecule has 0 bridgehead atoms. The largest absolute Gasteiger partial charge is 0.347 e. The van der Waals surface area contributed by atoms with Crippen molar-refractivity contribution in [2.24, 2.45) is 0 Å². The van der Waals surface area contributed by atoms with Gasteiger partial charge in [0, 0.05) is 39.4 Å². The molecule has 2 fully saturated rings. The first-order chi connectivity index (χ1) is 12.1. The van der Waals surface area contributed by atoms with Crippen LogP contribution in [0.4, 0.5) is 5.95 Å². The summed E-state index contributed by atoms with van der Waals surface area (Å²) in [7, 11) is 3.82. The molecule has 2 aliphatic rings. The number of likely N-dealkylation sites (tertiary alicyclic amines) is 2. The number of piperidine rings is 1. The van der Waals surface area contributed by atoms with E-state index in [-0.39, 0.29) is 5.91 Å². The van der Waals surface area contributed by atoms with Crippen molar-refractivity contribution in [2.45, 2.75) is 51.5 Å². The lowest BCUT2D eigenvalue weighted by molar-refractivity contribution is 0.0586. The average molecular weight is 345 g/mol. The second-order valence-corrected chi connectivity index (χ2v) is 7.55. The van der Waals surface area contributed by atoms with Crippen LogP contribution in [0.3, 0.4) is 0 Å². The number of carbonyl (C=O) groups is 1. The predicted molar refractivity (Wildman–Crippen MR) is 100 cm³/mol. The molecule has 0 unspecified atom stereocenters. The van der Waals surface area contributed by atoms with Crippen molar-refractivity contribution in [1.29, 1.82) is 0 Å². The summed E-state index contributed by atoms with van der Waals surface area (Å²) in [6, 6.07) is 0.356. The molecular weight excluding hydrogens is 314 g/mol. The molecular formula is C19H31N5O. The van der Waals surface area contributed by atoms with Crippen LogP contribution in [0.1, 0.15) is 54.6 Å². The highest BCUT2D eigenvalue weighted by Gasteiger charge is 2.29. The van der Waals surface area contributed by atoms with Gasteiger partial charge in [0.1, 0.15) is 0 Å². The summed E-state index contributed by atoms with van der Waals surface area (Å²) in [5.41, 5.74) is 1.42. The summed E-state index contributed by atoms with van der Waals surface area (Å²) in [5, 5.41) is 0. The van der Waals surface area contributed by atoms with Crippen LogP contribution in [0, 0.1) is 6.92 Å². The van der Waals surface area contributed by atoms with Crippen LogP contribution in [-0.2, 0) is 0 Å². The predicted octanol–water partition coefficient (Wildman–Crippen LogP) is 2.33. The highest BCUT2D eigenvalue weighted by molar-refractivity contribution is 5.95. The molecule has 1 aromatic heterocycles. The van der Waals surface area contributed by atoms with Gasteiger partial charge in [0.05, 0.1) is 11.3 Å². The quantitative estimate of drug-likeness (QED) is 0.820. The molecule has 0 radical (unpaired) electrons. The van der Waals surface area contributed by atoms with Gasteiger partial charge in [-0.2, -0.15) is 0 Å². The Bertz CT molecular complexity index is 597. The van der Waals surface area contributed by atoms with Crippen LogP contribution in [0.25, 0.3) is 0 Å². The third-order valence-electron chi connectivity index (χ3n) is 5.46. The molecule has 2 saturated heterocycles. The Kier molecular flexibility index (Phi) is 5.89. The molecule has 6 nitrogen and oxygen atoms in total. The molecule has 0 aromatic carbocycles. The topological polar surface area (TPSA) is 52.6 Å². The minimum atomic E-state index is 0.105. The average Bonchev–Trinajstić information content (AvgIpc) is 3.13. The zero-order valence-electron chi connectivity index (χ0n) is 15.9. The fraction of sp³-hybridized carbons (Fsp3) is 0.737. The van der Waals surface area contributed by atoms with E-state index in [9.17, 15) is 4.79 Å². The number of amides is 1. The van der Waals surface area contributed by atoms with Crippen molar-refractivity contribution in [2.75, 3.05) is 45.2 Å². The third-order valence-corrected chi connectivity index (χ3v) is 5.46. The summed E-state index contributed by atoms with van der Waals surface area (Å²) >= 11 is 0.